The van der Waals surface area contributed by atoms with Gasteiger partial charge in [-0.15, -0.1) is 5.10 Å². The maximum atomic E-state index is 11.8. The molecule has 6 heteroatoms. The molecule has 0 radical (unpaired) electrons. The first-order valence-electron chi connectivity index (χ1n) is 7.20. The smallest absolute Gasteiger partial charge is 0.278 e. The van der Waals surface area contributed by atoms with Crippen LogP contribution in [0.5, 0.6) is 5.75 Å². The number of amides is 1. The number of aryl methyl sites for hydroxylation is 2. The number of nitrogens with one attached hydrogen (secondary N) is 1. The van der Waals surface area contributed by atoms with E-state index < -0.39 is 0 Å². The molecule has 23 heavy (non-hydrogen) atoms. The predicted octanol–water partition coefficient (Wildman–Crippen LogP) is 2.56. The fraction of sp³-hybridized carbons (Fsp3) is 0.176. The SMILES string of the molecule is Cc1ccc(OCC(=O)N/N=c2\sc3ccccc3n2C)cc1. The predicted molar refractivity (Wildman–Crippen MR) is 91.2 cm³/mol. The molecule has 118 valence electrons. The van der Waals surface area contributed by atoms with E-state index in [1.165, 1.54) is 11.3 Å². The molecule has 0 fully saturated rings. The molecule has 0 unspecified atom stereocenters. The first-order chi connectivity index (χ1) is 11.1. The van der Waals surface area contributed by atoms with E-state index in [9.17, 15) is 4.79 Å². The largest absolute Gasteiger partial charge is 0.484 e. The van der Waals surface area contributed by atoms with Gasteiger partial charge in [-0.3, -0.25) is 4.79 Å². The van der Waals surface area contributed by atoms with Gasteiger partial charge in [0, 0.05) is 7.05 Å². The lowest BCUT2D eigenvalue weighted by Crippen LogP contribution is -2.27. The van der Waals surface area contributed by atoms with Crippen molar-refractivity contribution in [1.82, 2.24) is 9.99 Å². The molecule has 0 aliphatic heterocycles. The van der Waals surface area contributed by atoms with Crippen LogP contribution in [0, 0.1) is 6.92 Å². The van der Waals surface area contributed by atoms with E-state index in [-0.39, 0.29) is 12.5 Å². The number of hydrogen-bond donors (Lipinski definition) is 1. The van der Waals surface area contributed by atoms with Gasteiger partial charge in [-0.2, -0.15) is 0 Å². The van der Waals surface area contributed by atoms with Crippen molar-refractivity contribution in [3.05, 3.63) is 58.9 Å². The number of benzene rings is 2. The molecule has 1 aromatic heterocycles. The monoisotopic (exact) mass is 327 g/mol. The zero-order valence-corrected chi connectivity index (χ0v) is 13.8. The van der Waals surface area contributed by atoms with Crippen molar-refractivity contribution >= 4 is 27.5 Å². The highest BCUT2D eigenvalue weighted by atomic mass is 32.1. The van der Waals surface area contributed by atoms with Gasteiger partial charge in [0.05, 0.1) is 10.2 Å². The molecule has 3 rings (SSSR count). The summed E-state index contributed by atoms with van der Waals surface area (Å²) in [6, 6.07) is 15.6. The van der Waals surface area contributed by atoms with E-state index >= 15 is 0 Å². The Bertz CT molecular complexity index is 894. The molecule has 3 aromatic rings. The lowest BCUT2D eigenvalue weighted by molar-refractivity contribution is -0.123. The fourth-order valence-corrected chi connectivity index (χ4v) is 3.09. The summed E-state index contributed by atoms with van der Waals surface area (Å²) in [6.45, 7) is 1.93. The van der Waals surface area contributed by atoms with Crippen LogP contribution in [0.2, 0.25) is 0 Å². The number of nitrogens with zero attached hydrogens (tertiary/aromatic N) is 2. The second-order valence-electron chi connectivity index (χ2n) is 5.16. The number of ether oxygens (including phenoxy) is 1. The Morgan fingerprint density at radius 2 is 1.96 bits per heavy atom. The lowest BCUT2D eigenvalue weighted by atomic mass is 10.2. The van der Waals surface area contributed by atoms with Gasteiger partial charge in [-0.25, -0.2) is 5.43 Å². The molecule has 0 aliphatic rings. The molecule has 5 nitrogen and oxygen atoms in total. The van der Waals surface area contributed by atoms with Crippen molar-refractivity contribution < 1.29 is 9.53 Å². The summed E-state index contributed by atoms with van der Waals surface area (Å²) in [6.07, 6.45) is 0. The third-order valence-electron chi connectivity index (χ3n) is 3.38. The van der Waals surface area contributed by atoms with Crippen molar-refractivity contribution in [2.24, 2.45) is 12.1 Å². The van der Waals surface area contributed by atoms with E-state index in [0.717, 1.165) is 20.6 Å². The minimum absolute atomic E-state index is 0.0683. The van der Waals surface area contributed by atoms with Crippen LogP contribution in [0.1, 0.15) is 5.56 Å². The lowest BCUT2D eigenvalue weighted by Gasteiger charge is -2.04. The standard InChI is InChI=1S/C17H17N3O2S/c1-12-7-9-13(10-8-12)22-11-16(21)18-19-17-20(2)14-5-3-4-6-15(14)23-17/h3-10H,11H2,1-2H3,(H,18,21)/b19-17-. The molecule has 2 aromatic carbocycles. The summed E-state index contributed by atoms with van der Waals surface area (Å²) < 4.78 is 8.49. The number of aromatic nitrogens is 1. The normalized spacial score (nSPS) is 11.7. The Morgan fingerprint density at radius 1 is 1.22 bits per heavy atom. The highest BCUT2D eigenvalue weighted by molar-refractivity contribution is 7.16. The molecular weight excluding hydrogens is 310 g/mol. The van der Waals surface area contributed by atoms with Crippen LogP contribution in [0.3, 0.4) is 0 Å². The number of hydrogen-bond acceptors (Lipinski definition) is 4. The van der Waals surface area contributed by atoms with Gasteiger partial charge in [-0.1, -0.05) is 41.2 Å². The summed E-state index contributed by atoms with van der Waals surface area (Å²) in [5.41, 5.74) is 4.76. The third-order valence-corrected chi connectivity index (χ3v) is 4.49. The van der Waals surface area contributed by atoms with Crippen molar-refractivity contribution in [2.75, 3.05) is 6.61 Å². The van der Waals surface area contributed by atoms with Crippen LogP contribution >= 0.6 is 11.3 Å². The summed E-state index contributed by atoms with van der Waals surface area (Å²) in [5, 5.41) is 4.17. The van der Waals surface area contributed by atoms with E-state index in [2.05, 4.69) is 10.5 Å². The Hall–Kier alpha value is -2.60. The first-order valence-corrected chi connectivity index (χ1v) is 8.02. The molecule has 1 amide bonds. The maximum Gasteiger partial charge on any atom is 0.278 e. The van der Waals surface area contributed by atoms with Gasteiger partial charge in [-0.05, 0) is 31.2 Å². The summed E-state index contributed by atoms with van der Waals surface area (Å²) in [7, 11) is 1.92. The molecule has 0 atom stereocenters. The van der Waals surface area contributed by atoms with Gasteiger partial charge in [0.2, 0.25) is 4.80 Å². The van der Waals surface area contributed by atoms with Crippen molar-refractivity contribution in [2.45, 2.75) is 6.92 Å². The minimum Gasteiger partial charge on any atom is -0.484 e. The van der Waals surface area contributed by atoms with Crippen LogP contribution in [-0.2, 0) is 11.8 Å². The quantitative estimate of drug-likeness (QED) is 0.749. The Balaban J connectivity index is 1.65. The molecule has 0 saturated heterocycles. The van der Waals surface area contributed by atoms with Crippen LogP contribution in [0.15, 0.2) is 53.6 Å². The zero-order valence-electron chi connectivity index (χ0n) is 12.9. The van der Waals surface area contributed by atoms with Crippen LogP contribution in [-0.4, -0.2) is 17.1 Å². The third kappa shape index (κ3) is 3.60. The number of para-hydroxylation sites is 1. The molecule has 1 heterocycles. The number of fused-ring (bicyclic) bond motifs is 1. The van der Waals surface area contributed by atoms with Gasteiger partial charge in [0.25, 0.3) is 5.91 Å². The summed E-state index contributed by atoms with van der Waals surface area (Å²) >= 11 is 1.52. The van der Waals surface area contributed by atoms with Gasteiger partial charge in [0.15, 0.2) is 6.61 Å². The zero-order chi connectivity index (χ0) is 16.2. The highest BCUT2D eigenvalue weighted by Gasteiger charge is 2.04. The minimum atomic E-state index is -0.289. The van der Waals surface area contributed by atoms with Crippen LogP contribution in [0.4, 0.5) is 0 Å². The topological polar surface area (TPSA) is 55.6 Å². The van der Waals surface area contributed by atoms with E-state index in [1.807, 2.05) is 67.1 Å². The number of carbonyl (C=O) groups excluding carboxylic acids is 1. The second kappa shape index (κ2) is 6.66. The van der Waals surface area contributed by atoms with Crippen molar-refractivity contribution in [3.8, 4) is 5.75 Å². The Kier molecular flexibility index (Phi) is 4.43. The van der Waals surface area contributed by atoms with Crippen LogP contribution < -0.4 is 15.0 Å². The summed E-state index contributed by atoms with van der Waals surface area (Å²) in [5.74, 6) is 0.376. The molecule has 0 saturated carbocycles. The molecular formula is C17H17N3O2S. The van der Waals surface area contributed by atoms with E-state index in [0.29, 0.717) is 5.75 Å². The molecule has 0 bridgehead atoms. The number of carbonyl (C=O) groups is 1. The average Bonchev–Trinajstić information content (AvgIpc) is 2.89. The number of rotatable bonds is 4. The van der Waals surface area contributed by atoms with Crippen molar-refractivity contribution in [3.63, 3.8) is 0 Å². The van der Waals surface area contributed by atoms with Gasteiger partial charge in [0.1, 0.15) is 5.75 Å². The van der Waals surface area contributed by atoms with E-state index in [1.54, 1.807) is 0 Å². The Morgan fingerprint density at radius 3 is 2.70 bits per heavy atom. The molecule has 1 N–H and O–H groups in total. The van der Waals surface area contributed by atoms with Gasteiger partial charge >= 0.3 is 0 Å². The maximum absolute atomic E-state index is 11.8. The first kappa shape index (κ1) is 15.3. The highest BCUT2D eigenvalue weighted by Crippen LogP contribution is 2.15. The molecule has 0 aliphatic carbocycles. The summed E-state index contributed by atoms with van der Waals surface area (Å²) in [4.78, 5) is 12.6. The fourth-order valence-electron chi connectivity index (χ4n) is 2.11. The average molecular weight is 327 g/mol. The Labute approximate surface area is 137 Å². The van der Waals surface area contributed by atoms with E-state index in [4.69, 9.17) is 4.74 Å². The van der Waals surface area contributed by atoms with Gasteiger partial charge < -0.3 is 9.30 Å². The number of thiazole rings is 1. The van der Waals surface area contributed by atoms with Crippen LogP contribution in [0.25, 0.3) is 10.2 Å². The van der Waals surface area contributed by atoms with Crippen molar-refractivity contribution in [1.29, 1.82) is 0 Å². The molecule has 0 spiro atoms. The second-order valence-corrected chi connectivity index (χ2v) is 6.17.